The number of benzene rings is 1. The van der Waals surface area contributed by atoms with Gasteiger partial charge in [-0.15, -0.1) is 0 Å². The Morgan fingerprint density at radius 2 is 1.94 bits per heavy atom. The molecule has 0 aromatic heterocycles. The van der Waals surface area contributed by atoms with E-state index >= 15 is 0 Å². The predicted octanol–water partition coefficient (Wildman–Crippen LogP) is 1.63. The predicted molar refractivity (Wildman–Crippen MR) is 58.2 cm³/mol. The number of halogens is 1. The molecule has 0 radical (unpaired) electrons. The summed E-state index contributed by atoms with van der Waals surface area (Å²) >= 11 is 0. The summed E-state index contributed by atoms with van der Waals surface area (Å²) in [5, 5.41) is 8.79. The number of piperazine rings is 1. The summed E-state index contributed by atoms with van der Waals surface area (Å²) in [5.41, 5.74) is 0.810. The zero-order chi connectivity index (χ0) is 11.5. The lowest BCUT2D eigenvalue weighted by Gasteiger charge is -2.34. The van der Waals surface area contributed by atoms with E-state index in [9.17, 15) is 9.18 Å². The fraction of sp³-hybridized carbons (Fsp3) is 0.364. The highest BCUT2D eigenvalue weighted by Crippen LogP contribution is 2.17. The minimum absolute atomic E-state index is 0.266. The van der Waals surface area contributed by atoms with Gasteiger partial charge in [-0.1, -0.05) is 6.07 Å². The van der Waals surface area contributed by atoms with Gasteiger partial charge in [0.25, 0.3) is 0 Å². The molecule has 1 aliphatic heterocycles. The van der Waals surface area contributed by atoms with E-state index in [1.54, 1.807) is 6.07 Å². The highest BCUT2D eigenvalue weighted by molar-refractivity contribution is 5.65. The lowest BCUT2D eigenvalue weighted by Crippen LogP contribution is -2.48. The minimum atomic E-state index is -0.890. The van der Waals surface area contributed by atoms with Crippen molar-refractivity contribution in [2.24, 2.45) is 0 Å². The summed E-state index contributed by atoms with van der Waals surface area (Å²) in [6, 6.07) is 6.36. The zero-order valence-electron chi connectivity index (χ0n) is 8.77. The Bertz CT molecular complexity index is 389. The molecule has 16 heavy (non-hydrogen) atoms. The van der Waals surface area contributed by atoms with Crippen LogP contribution in [0, 0.1) is 5.82 Å². The number of carbonyl (C=O) groups is 1. The van der Waals surface area contributed by atoms with Gasteiger partial charge in [0, 0.05) is 31.9 Å². The Morgan fingerprint density at radius 1 is 1.25 bits per heavy atom. The molecule has 0 bridgehead atoms. The molecule has 1 aromatic rings. The van der Waals surface area contributed by atoms with Crippen molar-refractivity contribution >= 4 is 11.8 Å². The van der Waals surface area contributed by atoms with E-state index in [1.165, 1.54) is 17.0 Å². The molecule has 1 saturated heterocycles. The fourth-order valence-corrected chi connectivity index (χ4v) is 1.83. The molecule has 1 fully saturated rings. The molecule has 4 nitrogen and oxygen atoms in total. The largest absolute Gasteiger partial charge is 0.465 e. The molecule has 1 N–H and O–H groups in total. The average molecular weight is 224 g/mol. The van der Waals surface area contributed by atoms with Gasteiger partial charge in [-0.2, -0.15) is 0 Å². The van der Waals surface area contributed by atoms with Crippen molar-refractivity contribution in [2.75, 3.05) is 31.1 Å². The Kier molecular flexibility index (Phi) is 2.94. The van der Waals surface area contributed by atoms with Gasteiger partial charge in [-0.25, -0.2) is 9.18 Å². The lowest BCUT2D eigenvalue weighted by atomic mass is 10.2. The average Bonchev–Trinajstić information content (AvgIpc) is 2.29. The van der Waals surface area contributed by atoms with Gasteiger partial charge < -0.3 is 14.9 Å². The van der Waals surface area contributed by atoms with Crippen molar-refractivity contribution < 1.29 is 14.3 Å². The van der Waals surface area contributed by atoms with Crippen LogP contribution in [0.15, 0.2) is 24.3 Å². The quantitative estimate of drug-likeness (QED) is 0.788. The molecule has 0 saturated carbocycles. The van der Waals surface area contributed by atoms with Gasteiger partial charge in [0.15, 0.2) is 0 Å². The molecule has 1 amide bonds. The smallest absolute Gasteiger partial charge is 0.407 e. The molecule has 0 spiro atoms. The van der Waals surface area contributed by atoms with Gasteiger partial charge in [0.1, 0.15) is 5.82 Å². The summed E-state index contributed by atoms with van der Waals surface area (Å²) in [6.45, 7) is 2.14. The molecular weight excluding hydrogens is 211 g/mol. The van der Waals surface area contributed by atoms with Gasteiger partial charge in [-0.05, 0) is 18.2 Å². The number of rotatable bonds is 1. The van der Waals surface area contributed by atoms with Crippen LogP contribution >= 0.6 is 0 Å². The first-order chi connectivity index (χ1) is 7.66. The first kappa shape index (κ1) is 10.7. The van der Waals surface area contributed by atoms with Crippen LogP contribution in [0.5, 0.6) is 0 Å². The van der Waals surface area contributed by atoms with Crippen LogP contribution in [0.4, 0.5) is 14.9 Å². The standard InChI is InChI=1S/C11H13FN2O2/c12-9-2-1-3-10(8-9)13-4-6-14(7-5-13)11(15)16/h1-3,8H,4-7H2,(H,15,16). The van der Waals surface area contributed by atoms with E-state index in [0.717, 1.165) is 5.69 Å². The van der Waals surface area contributed by atoms with Crippen LogP contribution in [0.25, 0.3) is 0 Å². The fourth-order valence-electron chi connectivity index (χ4n) is 1.83. The Morgan fingerprint density at radius 3 is 2.50 bits per heavy atom. The van der Waals surface area contributed by atoms with Crippen molar-refractivity contribution in [1.29, 1.82) is 0 Å². The van der Waals surface area contributed by atoms with Crippen LogP contribution in [0.1, 0.15) is 0 Å². The van der Waals surface area contributed by atoms with Crippen LogP contribution < -0.4 is 4.90 Å². The first-order valence-corrected chi connectivity index (χ1v) is 5.15. The molecule has 1 aliphatic rings. The Hall–Kier alpha value is -1.78. The number of nitrogens with zero attached hydrogens (tertiary/aromatic N) is 2. The van der Waals surface area contributed by atoms with Crippen molar-refractivity contribution in [3.05, 3.63) is 30.1 Å². The second-order valence-electron chi connectivity index (χ2n) is 3.74. The van der Waals surface area contributed by atoms with Gasteiger partial charge in [-0.3, -0.25) is 0 Å². The second-order valence-corrected chi connectivity index (χ2v) is 3.74. The van der Waals surface area contributed by atoms with Crippen molar-refractivity contribution in [3.63, 3.8) is 0 Å². The summed E-state index contributed by atoms with van der Waals surface area (Å²) in [7, 11) is 0. The monoisotopic (exact) mass is 224 g/mol. The molecule has 2 rings (SSSR count). The van der Waals surface area contributed by atoms with Crippen molar-refractivity contribution in [1.82, 2.24) is 4.90 Å². The number of hydrogen-bond acceptors (Lipinski definition) is 2. The summed E-state index contributed by atoms with van der Waals surface area (Å²) < 4.78 is 13.0. The minimum Gasteiger partial charge on any atom is -0.465 e. The van der Waals surface area contributed by atoms with E-state index in [4.69, 9.17) is 5.11 Å². The lowest BCUT2D eigenvalue weighted by molar-refractivity contribution is 0.142. The topological polar surface area (TPSA) is 43.8 Å². The maximum atomic E-state index is 13.0. The maximum absolute atomic E-state index is 13.0. The van der Waals surface area contributed by atoms with Crippen LogP contribution in [0.3, 0.4) is 0 Å². The van der Waals surface area contributed by atoms with E-state index in [1.807, 2.05) is 11.0 Å². The van der Waals surface area contributed by atoms with Gasteiger partial charge in [0.2, 0.25) is 0 Å². The third kappa shape index (κ3) is 2.24. The van der Waals surface area contributed by atoms with E-state index in [0.29, 0.717) is 26.2 Å². The molecule has 5 heteroatoms. The first-order valence-electron chi connectivity index (χ1n) is 5.15. The maximum Gasteiger partial charge on any atom is 0.407 e. The molecule has 1 aromatic carbocycles. The number of anilines is 1. The van der Waals surface area contributed by atoms with Crippen LogP contribution in [0.2, 0.25) is 0 Å². The zero-order valence-corrected chi connectivity index (χ0v) is 8.77. The summed E-state index contributed by atoms with van der Waals surface area (Å²) in [6.07, 6.45) is -0.890. The molecule has 86 valence electrons. The normalized spacial score (nSPS) is 16.3. The van der Waals surface area contributed by atoms with E-state index < -0.39 is 6.09 Å². The van der Waals surface area contributed by atoms with Crippen molar-refractivity contribution in [3.8, 4) is 0 Å². The van der Waals surface area contributed by atoms with Crippen molar-refractivity contribution in [2.45, 2.75) is 0 Å². The highest BCUT2D eigenvalue weighted by Gasteiger charge is 2.20. The number of carboxylic acid groups (broad SMARTS) is 1. The molecule has 0 aliphatic carbocycles. The third-order valence-electron chi connectivity index (χ3n) is 2.72. The van der Waals surface area contributed by atoms with E-state index in [-0.39, 0.29) is 5.82 Å². The van der Waals surface area contributed by atoms with Crippen LogP contribution in [-0.4, -0.2) is 42.3 Å². The third-order valence-corrected chi connectivity index (χ3v) is 2.72. The van der Waals surface area contributed by atoms with Gasteiger partial charge in [0.05, 0.1) is 0 Å². The van der Waals surface area contributed by atoms with Gasteiger partial charge >= 0.3 is 6.09 Å². The number of hydrogen-bond donors (Lipinski definition) is 1. The summed E-state index contributed by atoms with van der Waals surface area (Å²) in [5.74, 6) is -0.266. The SMILES string of the molecule is O=C(O)N1CCN(c2cccc(F)c2)CC1. The number of amides is 1. The molecule has 1 heterocycles. The van der Waals surface area contributed by atoms with Crippen LogP contribution in [-0.2, 0) is 0 Å². The molecular formula is C11H13FN2O2. The molecule has 0 unspecified atom stereocenters. The van der Waals surface area contributed by atoms with E-state index in [2.05, 4.69) is 0 Å². The Labute approximate surface area is 92.9 Å². The summed E-state index contributed by atoms with van der Waals surface area (Å²) in [4.78, 5) is 14.1. The highest BCUT2D eigenvalue weighted by atomic mass is 19.1. The Balaban J connectivity index is 2.01. The molecule has 0 atom stereocenters. The second kappa shape index (κ2) is 4.38.